The van der Waals surface area contributed by atoms with Crippen molar-refractivity contribution in [3.05, 3.63) is 41.7 Å². The average molecular weight is 397 g/mol. The first-order chi connectivity index (χ1) is 13.7. The highest BCUT2D eigenvalue weighted by Gasteiger charge is 2.51. The number of carbonyl (C=O) groups is 1. The summed E-state index contributed by atoms with van der Waals surface area (Å²) in [7, 11) is 1.65. The third-order valence-electron chi connectivity index (χ3n) is 5.96. The van der Waals surface area contributed by atoms with Gasteiger partial charge in [-0.2, -0.15) is 0 Å². The summed E-state index contributed by atoms with van der Waals surface area (Å²) >= 11 is 1.73. The molecule has 2 fully saturated rings. The van der Waals surface area contributed by atoms with Crippen molar-refractivity contribution >= 4 is 23.4 Å². The van der Waals surface area contributed by atoms with E-state index >= 15 is 0 Å². The fourth-order valence-corrected chi connectivity index (χ4v) is 5.12. The van der Waals surface area contributed by atoms with Crippen LogP contribution in [0.1, 0.15) is 30.5 Å². The van der Waals surface area contributed by atoms with Gasteiger partial charge in [-0.25, -0.2) is 9.97 Å². The standard InChI is InChI=1S/C21H24N4O2S/c1-27-17-6-4-16(5-7-17)25-11-15-10-23-20(28-12-14-2-3-14)24-18(15)21(19(25)26)8-9-22-13-21/h4-7,10,14,22H,2-3,8-9,11-13H2,1H3. The maximum Gasteiger partial charge on any atom is 0.240 e. The minimum atomic E-state index is -0.592. The molecule has 6 nitrogen and oxygen atoms in total. The Bertz CT molecular complexity index is 892. The highest BCUT2D eigenvalue weighted by Crippen LogP contribution is 2.41. The highest BCUT2D eigenvalue weighted by molar-refractivity contribution is 7.99. The molecule has 1 saturated heterocycles. The Morgan fingerprint density at radius 2 is 2.14 bits per heavy atom. The molecule has 1 atom stereocenters. The Morgan fingerprint density at radius 3 is 2.82 bits per heavy atom. The van der Waals surface area contributed by atoms with Crippen LogP contribution in [0.3, 0.4) is 0 Å². The Balaban J connectivity index is 1.50. The first-order valence-electron chi connectivity index (χ1n) is 9.85. The zero-order chi connectivity index (χ0) is 19.1. The normalized spacial score (nSPS) is 23.9. The van der Waals surface area contributed by atoms with Gasteiger partial charge in [0.25, 0.3) is 0 Å². The Labute approximate surface area is 169 Å². The summed E-state index contributed by atoms with van der Waals surface area (Å²) in [6, 6.07) is 7.68. The molecule has 1 spiro atoms. The van der Waals surface area contributed by atoms with Crippen LogP contribution in [-0.2, 0) is 16.8 Å². The van der Waals surface area contributed by atoms with Gasteiger partial charge in [-0.3, -0.25) is 4.79 Å². The molecule has 1 aromatic carbocycles. The summed E-state index contributed by atoms with van der Waals surface area (Å²) < 4.78 is 5.25. The molecule has 7 heteroatoms. The van der Waals surface area contributed by atoms with Crippen molar-refractivity contribution in [2.24, 2.45) is 5.92 Å². The van der Waals surface area contributed by atoms with Crippen LogP contribution < -0.4 is 15.0 Å². The van der Waals surface area contributed by atoms with E-state index < -0.39 is 5.41 Å². The van der Waals surface area contributed by atoms with Crippen LogP contribution in [0.2, 0.25) is 0 Å². The number of amides is 1. The Kier molecular flexibility index (Phi) is 4.51. The van der Waals surface area contributed by atoms with Crippen LogP contribution in [0.15, 0.2) is 35.6 Å². The van der Waals surface area contributed by atoms with Crippen molar-refractivity contribution in [3.63, 3.8) is 0 Å². The number of ether oxygens (including phenoxy) is 1. The molecule has 1 aliphatic carbocycles. The minimum absolute atomic E-state index is 0.131. The lowest BCUT2D eigenvalue weighted by Crippen LogP contribution is -2.53. The molecular weight excluding hydrogens is 372 g/mol. The minimum Gasteiger partial charge on any atom is -0.497 e. The largest absolute Gasteiger partial charge is 0.497 e. The van der Waals surface area contributed by atoms with Gasteiger partial charge in [-0.1, -0.05) is 11.8 Å². The summed E-state index contributed by atoms with van der Waals surface area (Å²) in [6.45, 7) is 1.97. The van der Waals surface area contributed by atoms with Crippen molar-refractivity contribution in [2.75, 3.05) is 30.9 Å². The molecule has 1 aromatic heterocycles. The van der Waals surface area contributed by atoms with E-state index in [4.69, 9.17) is 9.72 Å². The smallest absolute Gasteiger partial charge is 0.240 e. The van der Waals surface area contributed by atoms with E-state index in [0.717, 1.165) is 52.5 Å². The van der Waals surface area contributed by atoms with Gasteiger partial charge >= 0.3 is 0 Å². The van der Waals surface area contributed by atoms with Crippen molar-refractivity contribution in [2.45, 2.75) is 36.4 Å². The van der Waals surface area contributed by atoms with E-state index in [2.05, 4.69) is 10.3 Å². The van der Waals surface area contributed by atoms with Crippen molar-refractivity contribution in [1.82, 2.24) is 15.3 Å². The molecule has 3 aliphatic rings. The second-order valence-electron chi connectivity index (χ2n) is 7.88. The topological polar surface area (TPSA) is 67.3 Å². The number of fused-ring (bicyclic) bond motifs is 2. The Morgan fingerprint density at radius 1 is 1.32 bits per heavy atom. The molecule has 146 valence electrons. The molecule has 2 aromatic rings. The first-order valence-corrected chi connectivity index (χ1v) is 10.8. The van der Waals surface area contributed by atoms with Crippen LogP contribution in [-0.4, -0.2) is 41.8 Å². The van der Waals surface area contributed by atoms with Crippen LogP contribution in [0, 0.1) is 5.92 Å². The van der Waals surface area contributed by atoms with E-state index in [1.54, 1.807) is 18.9 Å². The van der Waals surface area contributed by atoms with Gasteiger partial charge < -0.3 is 15.0 Å². The summed E-state index contributed by atoms with van der Waals surface area (Å²) in [5.41, 5.74) is 2.27. The van der Waals surface area contributed by atoms with Gasteiger partial charge in [0, 0.05) is 29.7 Å². The maximum atomic E-state index is 13.6. The van der Waals surface area contributed by atoms with Gasteiger partial charge in [0.15, 0.2) is 5.16 Å². The van der Waals surface area contributed by atoms with E-state index in [0.29, 0.717) is 13.1 Å². The van der Waals surface area contributed by atoms with Crippen LogP contribution in [0.4, 0.5) is 5.69 Å². The van der Waals surface area contributed by atoms with Gasteiger partial charge in [-0.05, 0) is 56.0 Å². The molecule has 1 unspecified atom stereocenters. The van der Waals surface area contributed by atoms with E-state index in [1.807, 2.05) is 35.4 Å². The lowest BCUT2D eigenvalue weighted by atomic mass is 9.77. The summed E-state index contributed by atoms with van der Waals surface area (Å²) in [6.07, 6.45) is 5.35. The zero-order valence-corrected chi connectivity index (χ0v) is 16.8. The van der Waals surface area contributed by atoms with E-state index in [1.165, 1.54) is 12.8 Å². The lowest BCUT2D eigenvalue weighted by molar-refractivity contribution is -0.124. The predicted molar refractivity (Wildman–Crippen MR) is 109 cm³/mol. The van der Waals surface area contributed by atoms with Crippen LogP contribution >= 0.6 is 11.8 Å². The molecule has 1 saturated carbocycles. The molecule has 28 heavy (non-hydrogen) atoms. The van der Waals surface area contributed by atoms with Crippen molar-refractivity contribution < 1.29 is 9.53 Å². The summed E-state index contributed by atoms with van der Waals surface area (Å²) in [4.78, 5) is 25.0. The SMILES string of the molecule is COc1ccc(N2Cc3cnc(SCC4CC4)nc3C3(CCNC3)C2=O)cc1. The molecule has 3 heterocycles. The number of carbonyl (C=O) groups excluding carboxylic acids is 1. The molecule has 0 radical (unpaired) electrons. The number of anilines is 1. The fraction of sp³-hybridized carbons (Fsp3) is 0.476. The first kappa shape index (κ1) is 17.9. The van der Waals surface area contributed by atoms with Crippen LogP contribution in [0.5, 0.6) is 5.75 Å². The summed E-state index contributed by atoms with van der Waals surface area (Å²) in [5, 5.41) is 4.20. The van der Waals surface area contributed by atoms with Gasteiger partial charge in [0.05, 0.1) is 19.3 Å². The fourth-order valence-electron chi connectivity index (χ4n) is 4.12. The molecule has 2 aliphatic heterocycles. The third kappa shape index (κ3) is 3.06. The monoisotopic (exact) mass is 396 g/mol. The van der Waals surface area contributed by atoms with Crippen molar-refractivity contribution in [1.29, 1.82) is 0 Å². The second-order valence-corrected chi connectivity index (χ2v) is 8.87. The lowest BCUT2D eigenvalue weighted by Gasteiger charge is -2.39. The van der Waals surface area contributed by atoms with E-state index in [-0.39, 0.29) is 5.91 Å². The van der Waals surface area contributed by atoms with Gasteiger partial charge in [0.2, 0.25) is 5.91 Å². The molecular formula is C21H24N4O2S. The second kappa shape index (κ2) is 7.04. The maximum absolute atomic E-state index is 13.6. The number of aromatic nitrogens is 2. The van der Waals surface area contributed by atoms with E-state index in [9.17, 15) is 4.79 Å². The number of nitrogens with zero attached hydrogens (tertiary/aromatic N) is 3. The number of hydrogen-bond acceptors (Lipinski definition) is 6. The number of benzene rings is 1. The number of rotatable bonds is 5. The quantitative estimate of drug-likeness (QED) is 0.619. The molecule has 5 rings (SSSR count). The average Bonchev–Trinajstić information content (AvgIpc) is 3.44. The number of methoxy groups -OCH3 is 1. The summed E-state index contributed by atoms with van der Waals surface area (Å²) in [5.74, 6) is 2.81. The predicted octanol–water partition coefficient (Wildman–Crippen LogP) is 2.77. The third-order valence-corrected chi connectivity index (χ3v) is 7.06. The van der Waals surface area contributed by atoms with Gasteiger partial charge in [0.1, 0.15) is 11.2 Å². The molecule has 0 bridgehead atoms. The highest BCUT2D eigenvalue weighted by atomic mass is 32.2. The number of thioether (sulfide) groups is 1. The molecule has 1 N–H and O–H groups in total. The number of hydrogen-bond donors (Lipinski definition) is 1. The molecule has 1 amide bonds. The van der Waals surface area contributed by atoms with Crippen LogP contribution in [0.25, 0.3) is 0 Å². The zero-order valence-electron chi connectivity index (χ0n) is 16.0. The van der Waals surface area contributed by atoms with Crippen molar-refractivity contribution in [3.8, 4) is 5.75 Å². The van der Waals surface area contributed by atoms with Gasteiger partial charge in [-0.15, -0.1) is 0 Å². The Hall–Kier alpha value is -2.12. The number of nitrogens with one attached hydrogen (secondary N) is 1.